The quantitative estimate of drug-likeness (QED) is 0.786. The fourth-order valence-electron chi connectivity index (χ4n) is 3.75. The molecule has 2 N–H and O–H groups in total. The largest absolute Gasteiger partial charge is 0.325 e. The van der Waals surface area contributed by atoms with Crippen LogP contribution >= 0.6 is 0 Å². The average molecular weight is 243 g/mol. The number of aryl methyl sites for hydroxylation is 2. The average Bonchev–Trinajstić information content (AvgIpc) is 2.71. The Labute approximate surface area is 111 Å². The topological polar surface area (TPSA) is 26.0 Å². The van der Waals surface area contributed by atoms with Crippen LogP contribution in [0.3, 0.4) is 0 Å². The summed E-state index contributed by atoms with van der Waals surface area (Å²) < 4.78 is 0. The van der Waals surface area contributed by atoms with Gasteiger partial charge in [0, 0.05) is 5.54 Å². The maximum atomic E-state index is 6.64. The second-order valence-electron chi connectivity index (χ2n) is 6.41. The molecule has 3 rings (SSSR count). The zero-order chi connectivity index (χ0) is 12.4. The van der Waals surface area contributed by atoms with Gasteiger partial charge in [-0.05, 0) is 55.2 Å². The van der Waals surface area contributed by atoms with Crippen molar-refractivity contribution in [1.29, 1.82) is 0 Å². The van der Waals surface area contributed by atoms with Gasteiger partial charge in [-0.2, -0.15) is 0 Å². The fourth-order valence-corrected chi connectivity index (χ4v) is 3.75. The summed E-state index contributed by atoms with van der Waals surface area (Å²) in [6, 6.07) is 7.10. The summed E-state index contributed by atoms with van der Waals surface area (Å²) in [4.78, 5) is 0. The van der Waals surface area contributed by atoms with E-state index in [1.54, 1.807) is 11.1 Å². The molecule has 98 valence electrons. The number of hydrogen-bond donors (Lipinski definition) is 1. The van der Waals surface area contributed by atoms with Crippen molar-refractivity contribution in [1.82, 2.24) is 0 Å². The van der Waals surface area contributed by atoms with Crippen molar-refractivity contribution in [3.8, 4) is 0 Å². The van der Waals surface area contributed by atoms with E-state index in [9.17, 15) is 0 Å². The molecule has 1 aromatic rings. The summed E-state index contributed by atoms with van der Waals surface area (Å²) in [6.45, 7) is 0. The number of benzene rings is 1. The summed E-state index contributed by atoms with van der Waals surface area (Å²) in [7, 11) is 0. The maximum Gasteiger partial charge on any atom is 0.0195 e. The molecule has 0 atom stereocenters. The number of nitrogens with two attached hydrogens (primary N) is 1. The Balaban J connectivity index is 1.75. The Morgan fingerprint density at radius 2 is 1.61 bits per heavy atom. The van der Waals surface area contributed by atoms with E-state index in [0.29, 0.717) is 0 Å². The summed E-state index contributed by atoms with van der Waals surface area (Å²) in [5.41, 5.74) is 11.3. The molecule has 18 heavy (non-hydrogen) atoms. The number of fused-ring (bicyclic) bond motifs is 1. The predicted octanol–water partition coefficient (Wildman–Crippen LogP) is 3.77. The van der Waals surface area contributed by atoms with Crippen LogP contribution in [0.1, 0.15) is 61.6 Å². The molecule has 0 spiro atoms. The van der Waals surface area contributed by atoms with E-state index in [4.69, 9.17) is 5.73 Å². The Morgan fingerprint density at radius 3 is 2.39 bits per heavy atom. The molecule has 1 saturated carbocycles. The minimum absolute atomic E-state index is 0.0728. The molecular weight excluding hydrogens is 218 g/mol. The van der Waals surface area contributed by atoms with Crippen molar-refractivity contribution in [2.45, 2.75) is 69.7 Å². The molecule has 1 aromatic carbocycles. The van der Waals surface area contributed by atoms with Crippen LogP contribution < -0.4 is 5.73 Å². The standard InChI is InChI=1S/C17H25N/c18-17(10-3-1-2-4-11-17)13-14-8-9-15-6-5-7-16(15)12-14/h8-9,12H,1-7,10-11,13,18H2. The normalized spacial score (nSPS) is 22.5. The van der Waals surface area contributed by atoms with E-state index in [2.05, 4.69) is 18.2 Å². The van der Waals surface area contributed by atoms with Crippen LogP contribution in [0.5, 0.6) is 0 Å². The van der Waals surface area contributed by atoms with Crippen LogP contribution in [-0.2, 0) is 19.3 Å². The SMILES string of the molecule is NC1(Cc2ccc3c(c2)CCC3)CCCCCC1. The molecule has 0 aliphatic heterocycles. The van der Waals surface area contributed by atoms with E-state index in [1.807, 2.05) is 0 Å². The van der Waals surface area contributed by atoms with Gasteiger partial charge in [0.25, 0.3) is 0 Å². The zero-order valence-corrected chi connectivity index (χ0v) is 11.4. The van der Waals surface area contributed by atoms with Gasteiger partial charge in [0.1, 0.15) is 0 Å². The van der Waals surface area contributed by atoms with E-state index >= 15 is 0 Å². The first-order valence-corrected chi connectivity index (χ1v) is 7.65. The van der Waals surface area contributed by atoms with Crippen LogP contribution in [-0.4, -0.2) is 5.54 Å². The monoisotopic (exact) mass is 243 g/mol. The van der Waals surface area contributed by atoms with E-state index in [1.165, 1.54) is 63.4 Å². The molecular formula is C17H25N. The van der Waals surface area contributed by atoms with Gasteiger partial charge in [-0.1, -0.05) is 43.9 Å². The van der Waals surface area contributed by atoms with E-state index in [0.717, 1.165) is 6.42 Å². The first-order chi connectivity index (χ1) is 8.75. The highest BCUT2D eigenvalue weighted by Gasteiger charge is 2.26. The highest BCUT2D eigenvalue weighted by atomic mass is 14.7. The van der Waals surface area contributed by atoms with Crippen molar-refractivity contribution in [3.05, 3.63) is 34.9 Å². The summed E-state index contributed by atoms with van der Waals surface area (Å²) >= 11 is 0. The third-order valence-corrected chi connectivity index (χ3v) is 4.82. The molecule has 0 aromatic heterocycles. The molecule has 1 heteroatoms. The Kier molecular flexibility index (Phi) is 3.43. The zero-order valence-electron chi connectivity index (χ0n) is 11.4. The van der Waals surface area contributed by atoms with Crippen molar-refractivity contribution >= 4 is 0 Å². The van der Waals surface area contributed by atoms with Crippen molar-refractivity contribution < 1.29 is 0 Å². The van der Waals surface area contributed by atoms with Crippen LogP contribution in [0, 0.1) is 0 Å². The lowest BCUT2D eigenvalue weighted by molar-refractivity contribution is 0.369. The molecule has 0 saturated heterocycles. The summed E-state index contributed by atoms with van der Waals surface area (Å²) in [5.74, 6) is 0. The number of hydrogen-bond acceptors (Lipinski definition) is 1. The van der Waals surface area contributed by atoms with Crippen LogP contribution in [0.2, 0.25) is 0 Å². The number of rotatable bonds is 2. The first kappa shape index (κ1) is 12.2. The smallest absolute Gasteiger partial charge is 0.0195 e. The Morgan fingerprint density at radius 1 is 0.889 bits per heavy atom. The minimum Gasteiger partial charge on any atom is -0.325 e. The van der Waals surface area contributed by atoms with Gasteiger partial charge >= 0.3 is 0 Å². The van der Waals surface area contributed by atoms with Gasteiger partial charge in [-0.3, -0.25) is 0 Å². The molecule has 0 amide bonds. The lowest BCUT2D eigenvalue weighted by Crippen LogP contribution is -2.41. The highest BCUT2D eigenvalue weighted by molar-refractivity contribution is 5.36. The molecule has 0 bridgehead atoms. The molecule has 1 fully saturated rings. The molecule has 1 nitrogen and oxygen atoms in total. The summed E-state index contributed by atoms with van der Waals surface area (Å²) in [5, 5.41) is 0. The van der Waals surface area contributed by atoms with Gasteiger partial charge in [0.15, 0.2) is 0 Å². The van der Waals surface area contributed by atoms with Crippen LogP contribution in [0.15, 0.2) is 18.2 Å². The van der Waals surface area contributed by atoms with Gasteiger partial charge in [-0.15, -0.1) is 0 Å². The highest BCUT2D eigenvalue weighted by Crippen LogP contribution is 2.30. The van der Waals surface area contributed by atoms with E-state index < -0.39 is 0 Å². The maximum absolute atomic E-state index is 6.64. The Hall–Kier alpha value is -0.820. The molecule has 0 unspecified atom stereocenters. The Bertz CT molecular complexity index is 414. The second kappa shape index (κ2) is 5.05. The van der Waals surface area contributed by atoms with Crippen molar-refractivity contribution in [2.24, 2.45) is 5.73 Å². The third kappa shape index (κ3) is 2.61. The van der Waals surface area contributed by atoms with Gasteiger partial charge < -0.3 is 5.73 Å². The van der Waals surface area contributed by atoms with Gasteiger partial charge in [-0.25, -0.2) is 0 Å². The molecule has 0 heterocycles. The van der Waals surface area contributed by atoms with Crippen LogP contribution in [0.4, 0.5) is 0 Å². The lowest BCUT2D eigenvalue weighted by atomic mass is 9.84. The van der Waals surface area contributed by atoms with Gasteiger partial charge in [0.05, 0.1) is 0 Å². The van der Waals surface area contributed by atoms with Crippen molar-refractivity contribution in [2.75, 3.05) is 0 Å². The predicted molar refractivity (Wildman–Crippen MR) is 76.8 cm³/mol. The minimum atomic E-state index is 0.0728. The molecule has 2 aliphatic carbocycles. The second-order valence-corrected chi connectivity index (χ2v) is 6.41. The van der Waals surface area contributed by atoms with Crippen molar-refractivity contribution in [3.63, 3.8) is 0 Å². The van der Waals surface area contributed by atoms with E-state index in [-0.39, 0.29) is 5.54 Å². The fraction of sp³-hybridized carbons (Fsp3) is 0.647. The van der Waals surface area contributed by atoms with Gasteiger partial charge in [0.2, 0.25) is 0 Å². The molecule has 2 aliphatic rings. The third-order valence-electron chi connectivity index (χ3n) is 4.82. The lowest BCUT2D eigenvalue weighted by Gasteiger charge is -2.28. The summed E-state index contributed by atoms with van der Waals surface area (Å²) in [6.07, 6.45) is 12.8. The first-order valence-electron chi connectivity index (χ1n) is 7.65. The van der Waals surface area contributed by atoms with Crippen LogP contribution in [0.25, 0.3) is 0 Å². The molecule has 0 radical (unpaired) electrons.